The Morgan fingerprint density at radius 2 is 2.03 bits per heavy atom. The van der Waals surface area contributed by atoms with Crippen LogP contribution < -0.4 is 10.9 Å². The van der Waals surface area contributed by atoms with Gasteiger partial charge in [-0.3, -0.25) is 9.59 Å². The Morgan fingerprint density at radius 1 is 1.24 bits per heavy atom. The number of carbonyl (C=O) groups is 1. The molecule has 4 rings (SSSR count). The van der Waals surface area contributed by atoms with E-state index in [1.807, 2.05) is 18.2 Å². The molecule has 2 aromatic rings. The number of thioether (sulfide) groups is 1. The van der Waals surface area contributed by atoms with Crippen molar-refractivity contribution in [3.63, 3.8) is 0 Å². The number of allylic oxidation sites excluding steroid dienone is 2. The predicted octanol–water partition coefficient (Wildman–Crippen LogP) is 5.13. The second-order valence-electron chi connectivity index (χ2n) is 7.91. The van der Waals surface area contributed by atoms with E-state index in [1.165, 1.54) is 0 Å². The summed E-state index contributed by atoms with van der Waals surface area (Å²) >= 11 is 8.04. The normalized spacial score (nSPS) is 18.5. The summed E-state index contributed by atoms with van der Waals surface area (Å²) in [5.41, 5.74) is 2.55. The summed E-state index contributed by atoms with van der Waals surface area (Å²) in [6, 6.07) is 7.42. The van der Waals surface area contributed by atoms with Crippen LogP contribution in [0.5, 0.6) is 0 Å². The molecule has 0 radical (unpaired) electrons. The average Bonchev–Trinajstić information content (AvgIpc) is 2.67. The highest BCUT2D eigenvalue weighted by Crippen LogP contribution is 2.45. The van der Waals surface area contributed by atoms with E-state index in [0.29, 0.717) is 39.5 Å². The van der Waals surface area contributed by atoms with Gasteiger partial charge in [-0.1, -0.05) is 55.4 Å². The van der Waals surface area contributed by atoms with E-state index >= 15 is 0 Å². The fraction of sp³-hybridized carbons (Fsp3) is 0.409. The lowest BCUT2D eigenvalue weighted by Crippen LogP contribution is -2.32. The number of Topliss-reactive ketones (excluding diaryl/α,β-unsaturated/α-hetero) is 1. The van der Waals surface area contributed by atoms with Crippen molar-refractivity contribution in [1.29, 1.82) is 0 Å². The fourth-order valence-corrected chi connectivity index (χ4v) is 5.27. The largest absolute Gasteiger partial charge is 0.343 e. The third-order valence-corrected chi connectivity index (χ3v) is 6.64. The number of benzene rings is 1. The predicted molar refractivity (Wildman–Crippen MR) is 118 cm³/mol. The van der Waals surface area contributed by atoms with Crippen LogP contribution in [0.3, 0.4) is 0 Å². The molecule has 29 heavy (non-hydrogen) atoms. The lowest BCUT2D eigenvalue weighted by Gasteiger charge is -2.33. The number of aromatic amines is 1. The molecule has 0 saturated carbocycles. The molecule has 7 heteroatoms. The van der Waals surface area contributed by atoms with Crippen LogP contribution >= 0.6 is 23.4 Å². The molecule has 0 amide bonds. The molecule has 2 heterocycles. The number of H-pyrrole nitrogens is 1. The lowest BCUT2D eigenvalue weighted by molar-refractivity contribution is -0.116. The van der Waals surface area contributed by atoms with E-state index in [-0.39, 0.29) is 11.3 Å². The third-order valence-electron chi connectivity index (χ3n) is 5.39. The molecule has 0 fully saturated rings. The zero-order chi connectivity index (χ0) is 20.5. The molecule has 2 N–H and O–H groups in total. The summed E-state index contributed by atoms with van der Waals surface area (Å²) < 4.78 is 0. The minimum Gasteiger partial charge on any atom is -0.343 e. The van der Waals surface area contributed by atoms with Gasteiger partial charge < -0.3 is 10.3 Å². The Morgan fingerprint density at radius 3 is 2.79 bits per heavy atom. The lowest BCUT2D eigenvalue weighted by atomic mass is 9.76. The summed E-state index contributed by atoms with van der Waals surface area (Å²) in [4.78, 5) is 33.6. The number of nitrogens with one attached hydrogen (secondary N) is 2. The van der Waals surface area contributed by atoms with Gasteiger partial charge in [-0.25, -0.2) is 4.98 Å². The first-order valence-electron chi connectivity index (χ1n) is 10.0. The van der Waals surface area contributed by atoms with Crippen LogP contribution in [0.15, 0.2) is 45.5 Å². The van der Waals surface area contributed by atoms with Gasteiger partial charge >= 0.3 is 0 Å². The van der Waals surface area contributed by atoms with Crippen molar-refractivity contribution in [2.24, 2.45) is 5.92 Å². The number of aromatic nitrogens is 2. The minimum absolute atomic E-state index is 0.0732. The fourth-order valence-electron chi connectivity index (χ4n) is 3.92. The molecule has 0 saturated heterocycles. The van der Waals surface area contributed by atoms with Crippen LogP contribution in [-0.2, 0) is 4.79 Å². The van der Waals surface area contributed by atoms with E-state index in [2.05, 4.69) is 24.1 Å². The van der Waals surface area contributed by atoms with Crippen LogP contribution in [0.2, 0.25) is 5.02 Å². The maximum Gasteiger partial charge on any atom is 0.257 e. The van der Waals surface area contributed by atoms with E-state index in [9.17, 15) is 9.59 Å². The highest BCUT2D eigenvalue weighted by atomic mass is 35.5. The second-order valence-corrected chi connectivity index (χ2v) is 9.40. The van der Waals surface area contributed by atoms with E-state index < -0.39 is 5.92 Å². The Kier molecular flexibility index (Phi) is 5.83. The van der Waals surface area contributed by atoms with Gasteiger partial charge in [0.15, 0.2) is 10.9 Å². The number of hydrogen-bond acceptors (Lipinski definition) is 5. The maximum atomic E-state index is 13.1. The monoisotopic (exact) mass is 429 g/mol. The summed E-state index contributed by atoms with van der Waals surface area (Å²) in [6.07, 6.45) is 3.11. The zero-order valence-electron chi connectivity index (χ0n) is 16.5. The summed E-state index contributed by atoms with van der Waals surface area (Å²) in [5.74, 6) is 1.60. The van der Waals surface area contributed by atoms with Crippen molar-refractivity contribution in [1.82, 2.24) is 9.97 Å². The number of hydrogen-bond donors (Lipinski definition) is 2. The first kappa shape index (κ1) is 20.2. The molecule has 152 valence electrons. The Balaban J connectivity index is 1.82. The first-order valence-corrected chi connectivity index (χ1v) is 11.4. The smallest absolute Gasteiger partial charge is 0.257 e. The van der Waals surface area contributed by atoms with Gasteiger partial charge in [0.25, 0.3) is 5.56 Å². The maximum absolute atomic E-state index is 13.1. The van der Waals surface area contributed by atoms with Crippen LogP contribution in [-0.4, -0.2) is 21.5 Å². The van der Waals surface area contributed by atoms with Gasteiger partial charge in [-0.15, -0.1) is 0 Å². The van der Waals surface area contributed by atoms with E-state index in [1.54, 1.807) is 17.8 Å². The number of ketones is 1. The molecule has 5 nitrogen and oxygen atoms in total. The van der Waals surface area contributed by atoms with E-state index in [4.69, 9.17) is 16.6 Å². The van der Waals surface area contributed by atoms with Gasteiger partial charge in [-0.2, -0.15) is 0 Å². The standard InChI is InChI=1S/C22H24ClN3O2S/c1-12(2)10-11-29-22-25-20-19(21(28)26-22)17(13-6-3-4-7-14(13)23)18-15(24-20)8-5-9-16(18)27/h3-4,6-7,12,17H,5,8-11H2,1-2H3,(H2,24,25,26,28)/t17-/m1/s1. The molecule has 0 bridgehead atoms. The summed E-state index contributed by atoms with van der Waals surface area (Å²) in [6.45, 7) is 4.35. The number of fused-ring (bicyclic) bond motifs is 1. The van der Waals surface area contributed by atoms with Crippen molar-refractivity contribution in [3.8, 4) is 0 Å². The Hall–Kier alpha value is -2.05. The van der Waals surface area contributed by atoms with Gasteiger partial charge in [0.1, 0.15) is 5.82 Å². The molecule has 2 aliphatic rings. The van der Waals surface area contributed by atoms with Crippen LogP contribution in [0.25, 0.3) is 0 Å². The molecule has 0 spiro atoms. The molecule has 1 aliphatic heterocycles. The quantitative estimate of drug-likeness (QED) is 0.509. The SMILES string of the molecule is CC(C)CCSc1nc2c(c(=O)[nH]1)[C@H](c1ccccc1Cl)C1=C(CCCC1=O)N2. The third kappa shape index (κ3) is 4.01. The molecule has 1 aromatic heterocycles. The summed E-state index contributed by atoms with van der Waals surface area (Å²) in [5, 5.41) is 4.45. The summed E-state index contributed by atoms with van der Waals surface area (Å²) in [7, 11) is 0. The first-order chi connectivity index (χ1) is 14.0. The Labute approximate surface area is 179 Å². The van der Waals surface area contributed by atoms with Gasteiger partial charge in [-0.05, 0) is 36.8 Å². The van der Waals surface area contributed by atoms with Crippen molar-refractivity contribution in [2.45, 2.75) is 50.6 Å². The zero-order valence-corrected chi connectivity index (χ0v) is 18.1. The van der Waals surface area contributed by atoms with Crippen molar-refractivity contribution in [3.05, 3.63) is 62.0 Å². The minimum atomic E-state index is -0.492. The van der Waals surface area contributed by atoms with Crippen LogP contribution in [0, 0.1) is 5.92 Å². The van der Waals surface area contributed by atoms with Gasteiger partial charge in [0.05, 0.1) is 5.56 Å². The number of nitrogens with zero attached hydrogens (tertiary/aromatic N) is 1. The topological polar surface area (TPSA) is 74.8 Å². The van der Waals surface area contributed by atoms with Crippen molar-refractivity contribution in [2.75, 3.05) is 11.1 Å². The van der Waals surface area contributed by atoms with Gasteiger partial charge in [0.2, 0.25) is 0 Å². The highest BCUT2D eigenvalue weighted by Gasteiger charge is 2.38. The van der Waals surface area contributed by atoms with Crippen LogP contribution in [0.1, 0.15) is 56.6 Å². The number of halogens is 1. The van der Waals surface area contributed by atoms with E-state index in [0.717, 1.165) is 36.3 Å². The molecule has 1 aliphatic carbocycles. The average molecular weight is 430 g/mol. The second kappa shape index (κ2) is 8.36. The highest BCUT2D eigenvalue weighted by molar-refractivity contribution is 7.99. The molecule has 1 atom stereocenters. The van der Waals surface area contributed by atoms with Gasteiger partial charge in [0, 0.05) is 34.4 Å². The number of carbonyl (C=O) groups excluding carboxylic acids is 1. The van der Waals surface area contributed by atoms with Crippen molar-refractivity contribution < 1.29 is 4.79 Å². The van der Waals surface area contributed by atoms with Crippen LogP contribution in [0.4, 0.5) is 5.82 Å². The molecule has 0 unspecified atom stereocenters. The number of rotatable bonds is 5. The molecular weight excluding hydrogens is 406 g/mol. The number of anilines is 1. The Bertz CT molecular complexity index is 1040. The van der Waals surface area contributed by atoms with Crippen molar-refractivity contribution >= 4 is 35.0 Å². The molecular formula is C22H24ClN3O2S. The molecule has 1 aromatic carbocycles.